The van der Waals surface area contributed by atoms with Crippen LogP contribution in [0.5, 0.6) is 0 Å². The number of rotatable bonds is 6. The molecule has 17 heavy (non-hydrogen) atoms. The third-order valence-corrected chi connectivity index (χ3v) is 2.50. The number of carbonyl (C=O) groups excluding carboxylic acids is 1. The lowest BCUT2D eigenvalue weighted by molar-refractivity contribution is -0.123. The third kappa shape index (κ3) is 5.71. The first-order valence-corrected chi connectivity index (χ1v) is 5.76. The Labute approximate surface area is 109 Å². The molecule has 0 bridgehead atoms. The minimum atomic E-state index is -0.144. The zero-order chi connectivity index (χ0) is 11.8. The largest absolute Gasteiger partial charge is 0.355 e. The van der Waals surface area contributed by atoms with Crippen LogP contribution in [-0.4, -0.2) is 25.5 Å². The number of nitrogens with one attached hydrogen (secondary N) is 2. The Hall–Kier alpha value is -1.06. The molecule has 0 fully saturated rings. The van der Waals surface area contributed by atoms with Crippen LogP contribution in [0, 0.1) is 0 Å². The van der Waals surface area contributed by atoms with Crippen LogP contribution in [0.2, 0.25) is 0 Å². The van der Waals surface area contributed by atoms with Crippen molar-refractivity contribution in [2.24, 2.45) is 0 Å². The molecule has 0 radical (unpaired) electrons. The van der Waals surface area contributed by atoms with E-state index in [-0.39, 0.29) is 24.4 Å². The number of hydrogen-bond acceptors (Lipinski definition) is 2. The van der Waals surface area contributed by atoms with Crippen molar-refractivity contribution in [3.8, 4) is 0 Å². The molecule has 1 amide bonds. The second kappa shape index (κ2) is 9.02. The zero-order valence-electron chi connectivity index (χ0n) is 10.4. The van der Waals surface area contributed by atoms with Gasteiger partial charge in [-0.1, -0.05) is 37.3 Å². The summed E-state index contributed by atoms with van der Waals surface area (Å²) in [4.78, 5) is 11.8. The van der Waals surface area contributed by atoms with Gasteiger partial charge < -0.3 is 10.6 Å². The van der Waals surface area contributed by atoms with Crippen LogP contribution < -0.4 is 10.6 Å². The van der Waals surface area contributed by atoms with E-state index in [0.29, 0.717) is 0 Å². The molecule has 0 saturated heterocycles. The Morgan fingerprint density at radius 3 is 2.47 bits per heavy atom. The molecule has 0 spiro atoms. The fourth-order valence-corrected chi connectivity index (χ4v) is 1.55. The molecule has 3 nitrogen and oxygen atoms in total. The van der Waals surface area contributed by atoms with E-state index in [0.717, 1.165) is 19.4 Å². The number of halogens is 1. The fourth-order valence-electron chi connectivity index (χ4n) is 1.55. The summed E-state index contributed by atoms with van der Waals surface area (Å²) in [6.45, 7) is 2.79. The van der Waals surface area contributed by atoms with Gasteiger partial charge in [0.25, 0.3) is 0 Å². The zero-order valence-corrected chi connectivity index (χ0v) is 11.2. The molecule has 1 unspecified atom stereocenters. The predicted molar refractivity (Wildman–Crippen MR) is 73.5 cm³/mol. The monoisotopic (exact) mass is 256 g/mol. The third-order valence-electron chi connectivity index (χ3n) is 2.50. The van der Waals surface area contributed by atoms with Crippen molar-refractivity contribution in [3.63, 3.8) is 0 Å². The highest BCUT2D eigenvalue weighted by Crippen LogP contribution is 2.03. The normalized spacial score (nSPS) is 11.4. The van der Waals surface area contributed by atoms with Crippen LogP contribution in [-0.2, 0) is 11.2 Å². The Kier molecular flexibility index (Phi) is 8.46. The quantitative estimate of drug-likeness (QED) is 0.815. The van der Waals surface area contributed by atoms with Crippen LogP contribution in [0.3, 0.4) is 0 Å². The molecule has 0 heterocycles. The van der Waals surface area contributed by atoms with Gasteiger partial charge in [-0.15, -0.1) is 12.4 Å². The summed E-state index contributed by atoms with van der Waals surface area (Å²) in [5.74, 6) is 0.0770. The first kappa shape index (κ1) is 15.9. The van der Waals surface area contributed by atoms with Gasteiger partial charge in [-0.25, -0.2) is 0 Å². The number of likely N-dealkylation sites (N-methyl/N-ethyl adjacent to an activating group) is 1. The molecule has 96 valence electrons. The second-order valence-corrected chi connectivity index (χ2v) is 3.82. The van der Waals surface area contributed by atoms with Gasteiger partial charge in [0.05, 0.1) is 6.04 Å². The van der Waals surface area contributed by atoms with Gasteiger partial charge >= 0.3 is 0 Å². The number of hydrogen-bond donors (Lipinski definition) is 2. The first-order chi connectivity index (χ1) is 7.77. The van der Waals surface area contributed by atoms with Crippen molar-refractivity contribution < 1.29 is 4.79 Å². The molecule has 1 atom stereocenters. The molecular weight excluding hydrogens is 236 g/mol. The highest BCUT2D eigenvalue weighted by atomic mass is 35.5. The lowest BCUT2D eigenvalue weighted by Gasteiger charge is -2.15. The highest BCUT2D eigenvalue weighted by molar-refractivity contribution is 5.85. The van der Waals surface area contributed by atoms with E-state index >= 15 is 0 Å². The van der Waals surface area contributed by atoms with Crippen molar-refractivity contribution >= 4 is 18.3 Å². The van der Waals surface area contributed by atoms with Crippen LogP contribution in [0.1, 0.15) is 18.9 Å². The summed E-state index contributed by atoms with van der Waals surface area (Å²) >= 11 is 0. The fraction of sp³-hybridized carbons (Fsp3) is 0.462. The maximum Gasteiger partial charge on any atom is 0.237 e. The van der Waals surface area contributed by atoms with Crippen LogP contribution in [0.4, 0.5) is 0 Å². The average Bonchev–Trinajstić information content (AvgIpc) is 2.34. The van der Waals surface area contributed by atoms with Gasteiger partial charge in [-0.05, 0) is 25.5 Å². The van der Waals surface area contributed by atoms with Crippen molar-refractivity contribution in [2.75, 3.05) is 13.6 Å². The topological polar surface area (TPSA) is 41.1 Å². The minimum absolute atomic E-state index is 0. The van der Waals surface area contributed by atoms with Crippen molar-refractivity contribution in [3.05, 3.63) is 35.9 Å². The standard InChI is InChI=1S/C13H20N2O.ClH/c1-3-9-15-13(16)12(14-2)10-11-7-5-4-6-8-11;/h4-8,12,14H,3,9-10H2,1-2H3,(H,15,16);1H. The summed E-state index contributed by atoms with van der Waals surface area (Å²) in [6.07, 6.45) is 1.69. The Morgan fingerprint density at radius 1 is 1.29 bits per heavy atom. The van der Waals surface area contributed by atoms with E-state index in [1.54, 1.807) is 0 Å². The Bertz CT molecular complexity index is 316. The maximum absolute atomic E-state index is 11.8. The summed E-state index contributed by atoms with van der Waals surface area (Å²) in [5.41, 5.74) is 1.17. The van der Waals surface area contributed by atoms with Gasteiger partial charge in [-0.2, -0.15) is 0 Å². The molecule has 1 aromatic rings. The first-order valence-electron chi connectivity index (χ1n) is 5.76. The molecule has 0 aliphatic rings. The molecule has 0 aliphatic heterocycles. The maximum atomic E-state index is 11.8. The van der Waals surface area contributed by atoms with Crippen LogP contribution in [0.15, 0.2) is 30.3 Å². The van der Waals surface area contributed by atoms with Gasteiger partial charge in [0, 0.05) is 6.54 Å². The van der Waals surface area contributed by atoms with Gasteiger partial charge in [0.1, 0.15) is 0 Å². The van der Waals surface area contributed by atoms with Crippen molar-refractivity contribution in [1.29, 1.82) is 0 Å². The summed E-state index contributed by atoms with van der Waals surface area (Å²) in [5, 5.41) is 5.95. The molecule has 1 aromatic carbocycles. The summed E-state index contributed by atoms with van der Waals surface area (Å²) < 4.78 is 0. The smallest absolute Gasteiger partial charge is 0.237 e. The van der Waals surface area contributed by atoms with Gasteiger partial charge in [-0.3, -0.25) is 4.79 Å². The molecule has 0 saturated carbocycles. The molecule has 0 aliphatic carbocycles. The SMILES string of the molecule is CCCNC(=O)C(Cc1ccccc1)NC.Cl. The van der Waals surface area contributed by atoms with Crippen molar-refractivity contribution in [1.82, 2.24) is 10.6 Å². The average molecular weight is 257 g/mol. The summed E-state index contributed by atoms with van der Waals surface area (Å²) in [7, 11) is 1.82. The van der Waals surface area contributed by atoms with E-state index in [1.807, 2.05) is 44.3 Å². The molecule has 4 heteroatoms. The number of benzene rings is 1. The van der Waals surface area contributed by atoms with E-state index < -0.39 is 0 Å². The molecule has 0 aromatic heterocycles. The van der Waals surface area contributed by atoms with Gasteiger partial charge in [0.2, 0.25) is 5.91 Å². The number of carbonyl (C=O) groups is 1. The van der Waals surface area contributed by atoms with E-state index in [1.165, 1.54) is 5.56 Å². The number of amides is 1. The lowest BCUT2D eigenvalue weighted by atomic mass is 10.1. The lowest BCUT2D eigenvalue weighted by Crippen LogP contribution is -2.44. The molecular formula is C13H21ClN2O. The Balaban J connectivity index is 0.00000256. The van der Waals surface area contributed by atoms with Crippen LogP contribution in [0.25, 0.3) is 0 Å². The molecule has 1 rings (SSSR count). The van der Waals surface area contributed by atoms with Crippen LogP contribution >= 0.6 is 12.4 Å². The molecule has 2 N–H and O–H groups in total. The van der Waals surface area contributed by atoms with E-state index in [4.69, 9.17) is 0 Å². The van der Waals surface area contributed by atoms with E-state index in [9.17, 15) is 4.79 Å². The second-order valence-electron chi connectivity index (χ2n) is 3.82. The minimum Gasteiger partial charge on any atom is -0.355 e. The Morgan fingerprint density at radius 2 is 1.94 bits per heavy atom. The van der Waals surface area contributed by atoms with Gasteiger partial charge in [0.15, 0.2) is 0 Å². The highest BCUT2D eigenvalue weighted by Gasteiger charge is 2.15. The predicted octanol–water partition coefficient (Wildman–Crippen LogP) is 1.77. The van der Waals surface area contributed by atoms with E-state index in [2.05, 4.69) is 10.6 Å². The van der Waals surface area contributed by atoms with Crippen molar-refractivity contribution in [2.45, 2.75) is 25.8 Å². The summed E-state index contributed by atoms with van der Waals surface area (Å²) in [6, 6.07) is 9.90.